The monoisotopic (exact) mass is 242 g/mol. The summed E-state index contributed by atoms with van der Waals surface area (Å²) < 4.78 is 10.9. The molecule has 0 saturated heterocycles. The van der Waals surface area contributed by atoms with Crippen LogP contribution >= 0.6 is 0 Å². The van der Waals surface area contributed by atoms with Gasteiger partial charge in [-0.1, -0.05) is 20.8 Å². The molecule has 1 heterocycles. The molecule has 92 valence electrons. The second-order valence-electron chi connectivity index (χ2n) is 5.64. The average Bonchev–Trinajstić information content (AvgIpc) is 2.65. The van der Waals surface area contributed by atoms with Crippen LogP contribution in [0.5, 0.6) is 0 Å². The molecule has 0 bridgehead atoms. The van der Waals surface area contributed by atoms with E-state index < -0.39 is 14.4 Å². The highest BCUT2D eigenvalue weighted by molar-refractivity contribution is 6.74. The topological polar surface area (TPSA) is 42.6 Å². The number of hydrogen-bond acceptors (Lipinski definition) is 3. The molecular formula is C12H22O3Si. The van der Waals surface area contributed by atoms with Gasteiger partial charge < -0.3 is 13.9 Å². The van der Waals surface area contributed by atoms with Crippen LogP contribution in [0.25, 0.3) is 0 Å². The summed E-state index contributed by atoms with van der Waals surface area (Å²) in [5.41, 5.74) is 0.777. The van der Waals surface area contributed by atoms with E-state index in [9.17, 15) is 5.11 Å². The van der Waals surface area contributed by atoms with Crippen molar-refractivity contribution in [3.8, 4) is 0 Å². The molecule has 0 radical (unpaired) electrons. The predicted molar refractivity (Wildman–Crippen MR) is 66.8 cm³/mol. The molecule has 1 N–H and O–H groups in total. The van der Waals surface area contributed by atoms with E-state index in [1.54, 1.807) is 18.6 Å². The Morgan fingerprint density at radius 2 is 2.06 bits per heavy atom. The van der Waals surface area contributed by atoms with Crippen molar-refractivity contribution in [1.29, 1.82) is 0 Å². The lowest BCUT2D eigenvalue weighted by molar-refractivity contribution is 0.0998. The molecule has 0 unspecified atom stereocenters. The van der Waals surface area contributed by atoms with E-state index in [-0.39, 0.29) is 5.04 Å². The summed E-state index contributed by atoms with van der Waals surface area (Å²) in [4.78, 5) is 0. The fraction of sp³-hybridized carbons (Fsp3) is 0.667. The number of aliphatic hydroxyl groups is 1. The first-order chi connectivity index (χ1) is 7.24. The normalized spacial score (nSPS) is 15.1. The first-order valence-electron chi connectivity index (χ1n) is 5.58. The Morgan fingerprint density at radius 1 is 1.44 bits per heavy atom. The molecule has 4 heteroatoms. The first-order valence-corrected chi connectivity index (χ1v) is 8.49. The zero-order chi connectivity index (χ0) is 12.4. The zero-order valence-corrected chi connectivity index (χ0v) is 11.8. The van der Waals surface area contributed by atoms with E-state index in [1.807, 2.05) is 0 Å². The van der Waals surface area contributed by atoms with Crippen molar-refractivity contribution in [2.45, 2.75) is 45.0 Å². The SMILES string of the molecule is CC(C)(C)[Si](C)(C)OC[C@H](O)c1ccoc1. The molecule has 16 heavy (non-hydrogen) atoms. The third-order valence-corrected chi connectivity index (χ3v) is 7.84. The van der Waals surface area contributed by atoms with Crippen molar-refractivity contribution in [2.75, 3.05) is 6.61 Å². The van der Waals surface area contributed by atoms with Crippen LogP contribution in [-0.2, 0) is 4.43 Å². The summed E-state index contributed by atoms with van der Waals surface area (Å²) >= 11 is 0. The van der Waals surface area contributed by atoms with Gasteiger partial charge in [-0.15, -0.1) is 0 Å². The van der Waals surface area contributed by atoms with Crippen LogP contribution < -0.4 is 0 Å². The van der Waals surface area contributed by atoms with Crippen molar-refractivity contribution in [1.82, 2.24) is 0 Å². The van der Waals surface area contributed by atoms with Crippen LogP contribution in [0.2, 0.25) is 18.1 Å². The summed E-state index contributed by atoms with van der Waals surface area (Å²) in [6.45, 7) is 11.2. The van der Waals surface area contributed by atoms with Gasteiger partial charge in [0.15, 0.2) is 8.32 Å². The number of hydrogen-bond donors (Lipinski definition) is 1. The van der Waals surface area contributed by atoms with Gasteiger partial charge in [-0.05, 0) is 24.2 Å². The van der Waals surface area contributed by atoms with Crippen LogP contribution in [0.3, 0.4) is 0 Å². The third-order valence-electron chi connectivity index (χ3n) is 3.34. The maximum Gasteiger partial charge on any atom is 0.192 e. The summed E-state index contributed by atoms with van der Waals surface area (Å²) in [6, 6.07) is 1.76. The molecule has 3 nitrogen and oxygen atoms in total. The summed E-state index contributed by atoms with van der Waals surface area (Å²) in [7, 11) is -1.77. The number of aliphatic hydroxyl groups excluding tert-OH is 1. The minimum atomic E-state index is -1.77. The van der Waals surface area contributed by atoms with Gasteiger partial charge in [0.25, 0.3) is 0 Å². The maximum absolute atomic E-state index is 9.88. The van der Waals surface area contributed by atoms with Crippen LogP contribution in [0.4, 0.5) is 0 Å². The average molecular weight is 242 g/mol. The highest BCUT2D eigenvalue weighted by Gasteiger charge is 2.37. The Bertz CT molecular complexity index is 312. The molecule has 1 aromatic rings. The lowest BCUT2D eigenvalue weighted by atomic mass is 10.2. The molecule has 0 fully saturated rings. The number of furan rings is 1. The molecule has 0 spiro atoms. The van der Waals surface area contributed by atoms with Gasteiger partial charge in [-0.25, -0.2) is 0 Å². The highest BCUT2D eigenvalue weighted by atomic mass is 28.4. The maximum atomic E-state index is 9.88. The fourth-order valence-corrected chi connectivity index (χ4v) is 2.07. The largest absolute Gasteiger partial charge is 0.472 e. The van der Waals surface area contributed by atoms with E-state index in [4.69, 9.17) is 8.84 Å². The van der Waals surface area contributed by atoms with Gasteiger partial charge in [0.05, 0.1) is 19.1 Å². The van der Waals surface area contributed by atoms with Crippen molar-refractivity contribution in [3.05, 3.63) is 24.2 Å². The quantitative estimate of drug-likeness (QED) is 0.823. The van der Waals surface area contributed by atoms with E-state index in [0.717, 1.165) is 5.56 Å². The third kappa shape index (κ3) is 3.20. The van der Waals surface area contributed by atoms with Gasteiger partial charge in [0, 0.05) is 5.56 Å². The Hall–Kier alpha value is -0.583. The standard InChI is InChI=1S/C12H22O3Si/c1-12(2,3)16(4,5)15-9-11(13)10-6-7-14-8-10/h6-8,11,13H,9H2,1-5H3/t11-/m0/s1. The summed E-state index contributed by atoms with van der Waals surface area (Å²) in [6.07, 6.45) is 2.53. The highest BCUT2D eigenvalue weighted by Crippen LogP contribution is 2.37. The summed E-state index contributed by atoms with van der Waals surface area (Å²) in [5, 5.41) is 10.0. The molecule has 1 rings (SSSR count). The molecule has 0 aliphatic carbocycles. The Labute approximate surface area is 98.6 Å². The minimum absolute atomic E-state index is 0.170. The second-order valence-corrected chi connectivity index (χ2v) is 10.5. The molecule has 1 aromatic heterocycles. The van der Waals surface area contributed by atoms with Crippen molar-refractivity contribution in [3.63, 3.8) is 0 Å². The fourth-order valence-electron chi connectivity index (χ4n) is 1.06. The van der Waals surface area contributed by atoms with Gasteiger partial charge in [0.1, 0.15) is 6.10 Å². The van der Waals surface area contributed by atoms with E-state index in [0.29, 0.717) is 6.61 Å². The Morgan fingerprint density at radius 3 is 2.50 bits per heavy atom. The van der Waals surface area contributed by atoms with Gasteiger partial charge >= 0.3 is 0 Å². The lowest BCUT2D eigenvalue weighted by Crippen LogP contribution is -2.41. The lowest BCUT2D eigenvalue weighted by Gasteiger charge is -2.36. The molecule has 0 amide bonds. The van der Waals surface area contributed by atoms with E-state index in [1.165, 1.54) is 0 Å². The van der Waals surface area contributed by atoms with Crippen LogP contribution in [0.15, 0.2) is 23.0 Å². The molecule has 0 aliphatic rings. The van der Waals surface area contributed by atoms with E-state index >= 15 is 0 Å². The summed E-state index contributed by atoms with van der Waals surface area (Å²) in [5.74, 6) is 0. The number of rotatable bonds is 4. The van der Waals surface area contributed by atoms with Gasteiger partial charge in [0.2, 0.25) is 0 Å². The zero-order valence-electron chi connectivity index (χ0n) is 10.8. The molecular weight excluding hydrogens is 220 g/mol. The predicted octanol–water partition coefficient (Wildman–Crippen LogP) is 3.33. The minimum Gasteiger partial charge on any atom is -0.472 e. The van der Waals surface area contributed by atoms with Crippen LogP contribution in [0.1, 0.15) is 32.4 Å². The second kappa shape index (κ2) is 4.73. The Kier molecular flexibility index (Phi) is 3.99. The molecule has 0 saturated carbocycles. The van der Waals surface area contributed by atoms with Crippen LogP contribution in [-0.4, -0.2) is 20.0 Å². The van der Waals surface area contributed by atoms with Crippen molar-refractivity contribution < 1.29 is 13.9 Å². The van der Waals surface area contributed by atoms with Gasteiger partial charge in [-0.3, -0.25) is 0 Å². The van der Waals surface area contributed by atoms with Gasteiger partial charge in [-0.2, -0.15) is 0 Å². The van der Waals surface area contributed by atoms with Crippen molar-refractivity contribution >= 4 is 8.32 Å². The molecule has 1 atom stereocenters. The molecule has 0 aliphatic heterocycles. The van der Waals surface area contributed by atoms with Crippen molar-refractivity contribution in [2.24, 2.45) is 0 Å². The Balaban J connectivity index is 2.52. The van der Waals surface area contributed by atoms with E-state index in [2.05, 4.69) is 33.9 Å². The van der Waals surface area contributed by atoms with Crippen LogP contribution in [0, 0.1) is 0 Å². The molecule has 0 aromatic carbocycles. The smallest absolute Gasteiger partial charge is 0.192 e. The first kappa shape index (κ1) is 13.5.